The van der Waals surface area contributed by atoms with Crippen LogP contribution in [-0.2, 0) is 14.5 Å². The first-order chi connectivity index (χ1) is 9.79. The van der Waals surface area contributed by atoms with E-state index in [-0.39, 0.29) is 13.2 Å². The van der Waals surface area contributed by atoms with Crippen LogP contribution in [0.1, 0.15) is 31.1 Å². The van der Waals surface area contributed by atoms with Crippen molar-refractivity contribution >= 4 is 12.1 Å². The highest BCUT2D eigenvalue weighted by Crippen LogP contribution is 2.09. The average Bonchev–Trinajstić information content (AvgIpc) is 2.42. The van der Waals surface area contributed by atoms with Crippen molar-refractivity contribution in [3.8, 4) is 0 Å². The molecular weight excluding hydrogens is 274 g/mol. The third kappa shape index (κ3) is 6.76. The first-order valence-corrected chi connectivity index (χ1v) is 6.62. The standard InChI is InChI=1S/C15H21NO5/c1-15(2,3)20-14(18)16(4)10-11-19-21-13(17)12-8-6-5-7-9-12/h5-9H,10-11H2,1-4H3. The van der Waals surface area contributed by atoms with E-state index in [1.807, 2.05) is 0 Å². The van der Waals surface area contributed by atoms with Gasteiger partial charge in [-0.15, -0.1) is 0 Å². The van der Waals surface area contributed by atoms with E-state index in [1.54, 1.807) is 58.2 Å². The zero-order valence-corrected chi connectivity index (χ0v) is 12.8. The molecule has 6 heteroatoms. The van der Waals surface area contributed by atoms with Gasteiger partial charge in [-0.3, -0.25) is 4.89 Å². The van der Waals surface area contributed by atoms with Crippen molar-refractivity contribution in [3.63, 3.8) is 0 Å². The summed E-state index contributed by atoms with van der Waals surface area (Å²) >= 11 is 0. The molecule has 0 fully saturated rings. The lowest BCUT2D eigenvalue weighted by molar-refractivity contribution is -0.241. The molecule has 0 unspecified atom stereocenters. The number of carbonyl (C=O) groups is 2. The van der Waals surface area contributed by atoms with E-state index >= 15 is 0 Å². The van der Waals surface area contributed by atoms with Gasteiger partial charge in [-0.2, -0.15) is 4.89 Å². The second-order valence-corrected chi connectivity index (χ2v) is 5.46. The van der Waals surface area contributed by atoms with Gasteiger partial charge >= 0.3 is 12.1 Å². The molecule has 1 aromatic carbocycles. The topological polar surface area (TPSA) is 65.1 Å². The molecule has 0 saturated carbocycles. The monoisotopic (exact) mass is 295 g/mol. The van der Waals surface area contributed by atoms with E-state index in [4.69, 9.17) is 9.62 Å². The number of nitrogens with zero attached hydrogens (tertiary/aromatic N) is 1. The fraction of sp³-hybridized carbons (Fsp3) is 0.467. The fourth-order valence-corrected chi connectivity index (χ4v) is 1.32. The van der Waals surface area contributed by atoms with Crippen LogP contribution < -0.4 is 0 Å². The normalized spacial score (nSPS) is 10.9. The zero-order chi connectivity index (χ0) is 15.9. The van der Waals surface area contributed by atoms with Crippen LogP contribution in [0, 0.1) is 0 Å². The Labute approximate surface area is 124 Å². The Morgan fingerprint density at radius 2 is 1.76 bits per heavy atom. The van der Waals surface area contributed by atoms with Gasteiger partial charge < -0.3 is 9.64 Å². The molecule has 0 aliphatic rings. The maximum Gasteiger partial charge on any atom is 0.410 e. The SMILES string of the molecule is CN(CCOOC(=O)c1ccccc1)C(=O)OC(C)(C)C. The number of benzene rings is 1. The van der Waals surface area contributed by atoms with Gasteiger partial charge in [0.15, 0.2) is 0 Å². The zero-order valence-electron chi connectivity index (χ0n) is 12.8. The highest BCUT2D eigenvalue weighted by Gasteiger charge is 2.19. The van der Waals surface area contributed by atoms with Crippen LogP contribution in [0.4, 0.5) is 4.79 Å². The van der Waals surface area contributed by atoms with Crippen LogP contribution >= 0.6 is 0 Å². The summed E-state index contributed by atoms with van der Waals surface area (Å²) in [5, 5.41) is 0. The highest BCUT2D eigenvalue weighted by molar-refractivity contribution is 5.88. The van der Waals surface area contributed by atoms with Crippen molar-refractivity contribution in [1.82, 2.24) is 4.90 Å². The van der Waals surface area contributed by atoms with Crippen LogP contribution in [0.3, 0.4) is 0 Å². The van der Waals surface area contributed by atoms with E-state index in [9.17, 15) is 9.59 Å². The molecule has 0 N–H and O–H groups in total. The van der Waals surface area contributed by atoms with Gasteiger partial charge in [0.2, 0.25) is 0 Å². The maximum absolute atomic E-state index is 11.6. The summed E-state index contributed by atoms with van der Waals surface area (Å²) in [6, 6.07) is 8.50. The molecule has 1 amide bonds. The summed E-state index contributed by atoms with van der Waals surface area (Å²) in [6.45, 7) is 5.68. The number of hydrogen-bond donors (Lipinski definition) is 0. The molecule has 0 heterocycles. The van der Waals surface area contributed by atoms with Crippen molar-refractivity contribution in [3.05, 3.63) is 35.9 Å². The summed E-state index contributed by atoms with van der Waals surface area (Å²) in [5.41, 5.74) is -0.149. The molecule has 1 aromatic rings. The van der Waals surface area contributed by atoms with Crippen LogP contribution in [0.5, 0.6) is 0 Å². The lowest BCUT2D eigenvalue weighted by Gasteiger charge is -2.24. The van der Waals surface area contributed by atoms with Gasteiger partial charge in [0.25, 0.3) is 0 Å². The minimum Gasteiger partial charge on any atom is -0.444 e. The maximum atomic E-state index is 11.6. The Morgan fingerprint density at radius 1 is 1.14 bits per heavy atom. The molecule has 6 nitrogen and oxygen atoms in total. The fourth-order valence-electron chi connectivity index (χ4n) is 1.32. The van der Waals surface area contributed by atoms with E-state index in [2.05, 4.69) is 4.89 Å². The third-order valence-electron chi connectivity index (χ3n) is 2.36. The van der Waals surface area contributed by atoms with Crippen LogP contribution in [0.2, 0.25) is 0 Å². The molecule has 1 rings (SSSR count). The molecule has 0 aromatic heterocycles. The van der Waals surface area contributed by atoms with E-state index in [0.29, 0.717) is 5.56 Å². The Hall–Kier alpha value is -2.08. The average molecular weight is 295 g/mol. The number of carbonyl (C=O) groups excluding carboxylic acids is 2. The Bertz CT molecular complexity index is 467. The minimum absolute atomic E-state index is 0.0638. The predicted molar refractivity (Wildman–Crippen MR) is 76.7 cm³/mol. The molecule has 0 saturated heterocycles. The summed E-state index contributed by atoms with van der Waals surface area (Å²) < 4.78 is 5.17. The molecule has 116 valence electrons. The molecular formula is C15H21NO5. The van der Waals surface area contributed by atoms with Crippen molar-refractivity contribution < 1.29 is 24.1 Å². The molecule has 0 atom stereocenters. The number of amides is 1. The van der Waals surface area contributed by atoms with E-state index in [0.717, 1.165) is 0 Å². The molecule has 0 radical (unpaired) electrons. The van der Waals surface area contributed by atoms with Gasteiger partial charge in [-0.1, -0.05) is 18.2 Å². The molecule has 0 aliphatic carbocycles. The molecule has 0 spiro atoms. The first-order valence-electron chi connectivity index (χ1n) is 6.62. The number of likely N-dealkylation sites (N-methyl/N-ethyl adjacent to an activating group) is 1. The van der Waals surface area contributed by atoms with Crippen molar-refractivity contribution in [2.45, 2.75) is 26.4 Å². The molecule has 0 bridgehead atoms. The quantitative estimate of drug-likeness (QED) is 0.474. The van der Waals surface area contributed by atoms with Crippen LogP contribution in [0.15, 0.2) is 30.3 Å². The highest BCUT2D eigenvalue weighted by atomic mass is 17.2. The molecule has 21 heavy (non-hydrogen) atoms. The number of rotatable bonds is 5. The van der Waals surface area contributed by atoms with Crippen LogP contribution in [-0.4, -0.2) is 42.8 Å². The van der Waals surface area contributed by atoms with E-state index < -0.39 is 17.7 Å². The Kier molecular flexibility index (Phi) is 6.17. The third-order valence-corrected chi connectivity index (χ3v) is 2.36. The van der Waals surface area contributed by atoms with Gasteiger partial charge in [-0.05, 0) is 32.9 Å². The summed E-state index contributed by atoms with van der Waals surface area (Å²) in [4.78, 5) is 34.0. The van der Waals surface area contributed by atoms with Gasteiger partial charge in [0, 0.05) is 7.05 Å². The largest absolute Gasteiger partial charge is 0.444 e. The second kappa shape index (κ2) is 7.64. The lowest BCUT2D eigenvalue weighted by Crippen LogP contribution is -2.36. The van der Waals surface area contributed by atoms with Crippen molar-refractivity contribution in [2.24, 2.45) is 0 Å². The van der Waals surface area contributed by atoms with Crippen molar-refractivity contribution in [2.75, 3.05) is 20.2 Å². The summed E-state index contributed by atoms with van der Waals surface area (Å²) in [5.74, 6) is -0.574. The number of ether oxygens (including phenoxy) is 1. The minimum atomic E-state index is -0.574. The van der Waals surface area contributed by atoms with Gasteiger partial charge in [0.05, 0.1) is 12.1 Å². The summed E-state index contributed by atoms with van der Waals surface area (Å²) in [7, 11) is 1.58. The lowest BCUT2D eigenvalue weighted by atomic mass is 10.2. The molecule has 0 aliphatic heterocycles. The van der Waals surface area contributed by atoms with Crippen molar-refractivity contribution in [1.29, 1.82) is 0 Å². The van der Waals surface area contributed by atoms with Crippen LogP contribution in [0.25, 0.3) is 0 Å². The predicted octanol–water partition coefficient (Wildman–Crippen LogP) is 2.64. The second-order valence-electron chi connectivity index (χ2n) is 5.46. The Balaban J connectivity index is 2.25. The van der Waals surface area contributed by atoms with E-state index in [1.165, 1.54) is 4.90 Å². The summed E-state index contributed by atoms with van der Waals surface area (Å²) in [6.07, 6.45) is -0.458. The Morgan fingerprint density at radius 3 is 2.33 bits per heavy atom. The first kappa shape index (κ1) is 17.0. The van der Waals surface area contributed by atoms with Gasteiger partial charge in [-0.25, -0.2) is 9.59 Å². The smallest absolute Gasteiger partial charge is 0.410 e. The van der Waals surface area contributed by atoms with Gasteiger partial charge in [0.1, 0.15) is 12.2 Å². The number of hydrogen-bond acceptors (Lipinski definition) is 5.